The van der Waals surface area contributed by atoms with Crippen LogP contribution in [0.3, 0.4) is 0 Å². The summed E-state index contributed by atoms with van der Waals surface area (Å²) in [6, 6.07) is 12.0. The minimum atomic E-state index is -0.0965. The second-order valence-corrected chi connectivity index (χ2v) is 8.55. The van der Waals surface area contributed by atoms with Crippen molar-refractivity contribution in [1.82, 2.24) is 24.6 Å². The first kappa shape index (κ1) is 18.9. The SMILES string of the molecule is CCn1ncc2c(C(=O)N(C3CC3)C(C)c3ccccn3)cc(-c3cccs3)nc21. The van der Waals surface area contributed by atoms with Gasteiger partial charge >= 0.3 is 0 Å². The summed E-state index contributed by atoms with van der Waals surface area (Å²) in [7, 11) is 0. The smallest absolute Gasteiger partial charge is 0.255 e. The van der Waals surface area contributed by atoms with Gasteiger partial charge in [0, 0.05) is 18.8 Å². The highest BCUT2D eigenvalue weighted by Crippen LogP contribution is 2.37. The van der Waals surface area contributed by atoms with Gasteiger partial charge in [-0.1, -0.05) is 12.1 Å². The van der Waals surface area contributed by atoms with Gasteiger partial charge in [-0.15, -0.1) is 11.3 Å². The molecule has 0 bridgehead atoms. The van der Waals surface area contributed by atoms with Crippen LogP contribution in [0, 0.1) is 0 Å². The zero-order valence-electron chi connectivity index (χ0n) is 17.0. The molecule has 152 valence electrons. The van der Waals surface area contributed by atoms with Crippen molar-refractivity contribution in [2.45, 2.75) is 45.3 Å². The molecule has 0 radical (unpaired) electrons. The molecule has 0 N–H and O–H groups in total. The van der Waals surface area contributed by atoms with Crippen LogP contribution in [0.15, 0.2) is 54.2 Å². The van der Waals surface area contributed by atoms with Crippen LogP contribution in [-0.4, -0.2) is 36.6 Å². The van der Waals surface area contributed by atoms with Crippen LogP contribution in [0.2, 0.25) is 0 Å². The Bertz CT molecular complexity index is 1180. The largest absolute Gasteiger partial charge is 0.327 e. The van der Waals surface area contributed by atoms with Crippen molar-refractivity contribution >= 4 is 28.3 Å². The van der Waals surface area contributed by atoms with E-state index >= 15 is 0 Å². The zero-order valence-corrected chi connectivity index (χ0v) is 17.8. The van der Waals surface area contributed by atoms with Crippen molar-refractivity contribution < 1.29 is 4.79 Å². The molecule has 7 heteroatoms. The Hall–Kier alpha value is -3.06. The second kappa shape index (κ2) is 7.65. The summed E-state index contributed by atoms with van der Waals surface area (Å²) in [6.45, 7) is 4.80. The maximum absolute atomic E-state index is 13.9. The lowest BCUT2D eigenvalue weighted by Crippen LogP contribution is -2.36. The molecule has 1 aliphatic rings. The molecule has 4 aromatic rings. The van der Waals surface area contributed by atoms with Gasteiger partial charge in [0.25, 0.3) is 5.91 Å². The molecule has 0 aliphatic heterocycles. The highest BCUT2D eigenvalue weighted by atomic mass is 32.1. The molecule has 1 atom stereocenters. The van der Waals surface area contributed by atoms with Gasteiger partial charge in [-0.2, -0.15) is 5.10 Å². The minimum Gasteiger partial charge on any atom is -0.327 e. The van der Waals surface area contributed by atoms with Gasteiger partial charge < -0.3 is 4.90 Å². The number of nitrogens with zero attached hydrogens (tertiary/aromatic N) is 5. The fourth-order valence-electron chi connectivity index (χ4n) is 3.92. The molecule has 1 fully saturated rings. The minimum absolute atomic E-state index is 0.0245. The molecular weight excluding hydrogens is 394 g/mol. The Balaban J connectivity index is 1.63. The maximum Gasteiger partial charge on any atom is 0.255 e. The molecule has 0 aromatic carbocycles. The number of amides is 1. The molecule has 6 nitrogen and oxygen atoms in total. The Morgan fingerprint density at radius 1 is 1.30 bits per heavy atom. The number of fused-ring (bicyclic) bond motifs is 1. The summed E-state index contributed by atoms with van der Waals surface area (Å²) in [5.41, 5.74) is 3.15. The molecule has 1 aliphatic carbocycles. The molecule has 5 rings (SSSR count). The maximum atomic E-state index is 13.9. The highest BCUT2D eigenvalue weighted by molar-refractivity contribution is 7.13. The average Bonchev–Trinajstić information content (AvgIpc) is 3.28. The first-order chi connectivity index (χ1) is 14.7. The Labute approximate surface area is 179 Å². The van der Waals surface area contributed by atoms with E-state index in [4.69, 9.17) is 4.98 Å². The number of aryl methyl sites for hydroxylation is 1. The first-order valence-electron chi connectivity index (χ1n) is 10.3. The van der Waals surface area contributed by atoms with Crippen LogP contribution in [0.25, 0.3) is 21.6 Å². The third-order valence-electron chi connectivity index (χ3n) is 5.62. The van der Waals surface area contributed by atoms with Crippen LogP contribution in [0.1, 0.15) is 48.8 Å². The number of rotatable bonds is 6. The predicted molar refractivity (Wildman–Crippen MR) is 118 cm³/mol. The van der Waals surface area contributed by atoms with Gasteiger partial charge in [-0.05, 0) is 56.3 Å². The van der Waals surface area contributed by atoms with Gasteiger partial charge in [0.15, 0.2) is 5.65 Å². The van der Waals surface area contributed by atoms with Crippen LogP contribution >= 0.6 is 11.3 Å². The lowest BCUT2D eigenvalue weighted by atomic mass is 10.1. The van der Waals surface area contributed by atoms with Crippen molar-refractivity contribution in [3.8, 4) is 10.6 Å². The van der Waals surface area contributed by atoms with Crippen molar-refractivity contribution in [1.29, 1.82) is 0 Å². The Kier molecular flexibility index (Phi) is 4.83. The molecule has 1 unspecified atom stereocenters. The molecule has 4 aromatic heterocycles. The Morgan fingerprint density at radius 3 is 2.83 bits per heavy atom. The van der Waals surface area contributed by atoms with E-state index in [9.17, 15) is 4.79 Å². The van der Waals surface area contributed by atoms with E-state index < -0.39 is 0 Å². The van der Waals surface area contributed by atoms with E-state index in [2.05, 4.69) is 17.0 Å². The molecule has 1 saturated carbocycles. The molecule has 30 heavy (non-hydrogen) atoms. The van der Waals surface area contributed by atoms with Crippen molar-refractivity contribution in [2.24, 2.45) is 0 Å². The van der Waals surface area contributed by atoms with Gasteiger partial charge in [0.2, 0.25) is 0 Å². The molecule has 0 spiro atoms. The number of carbonyl (C=O) groups excluding carboxylic acids is 1. The molecular formula is C23H23N5OS. The lowest BCUT2D eigenvalue weighted by molar-refractivity contribution is 0.0672. The lowest BCUT2D eigenvalue weighted by Gasteiger charge is -2.29. The van der Waals surface area contributed by atoms with E-state index in [1.807, 2.05) is 58.3 Å². The van der Waals surface area contributed by atoms with E-state index in [1.165, 1.54) is 0 Å². The number of hydrogen-bond acceptors (Lipinski definition) is 5. The monoisotopic (exact) mass is 417 g/mol. The predicted octanol–water partition coefficient (Wildman–Crippen LogP) is 4.94. The number of hydrogen-bond donors (Lipinski definition) is 0. The van der Waals surface area contributed by atoms with Crippen LogP contribution in [0.5, 0.6) is 0 Å². The third-order valence-corrected chi connectivity index (χ3v) is 6.51. The topological polar surface area (TPSA) is 63.9 Å². The van der Waals surface area contributed by atoms with E-state index in [1.54, 1.807) is 23.7 Å². The van der Waals surface area contributed by atoms with Crippen molar-refractivity contribution in [3.05, 3.63) is 65.4 Å². The number of thiophene rings is 1. The van der Waals surface area contributed by atoms with Gasteiger partial charge in [0.05, 0.1) is 39.5 Å². The summed E-state index contributed by atoms with van der Waals surface area (Å²) in [4.78, 5) is 26.3. The van der Waals surface area contributed by atoms with Crippen LogP contribution in [0.4, 0.5) is 0 Å². The van der Waals surface area contributed by atoms with Crippen molar-refractivity contribution in [2.75, 3.05) is 0 Å². The first-order valence-corrected chi connectivity index (χ1v) is 11.2. The fourth-order valence-corrected chi connectivity index (χ4v) is 4.61. The Morgan fingerprint density at radius 2 is 2.17 bits per heavy atom. The zero-order chi connectivity index (χ0) is 20.7. The van der Waals surface area contributed by atoms with E-state index in [-0.39, 0.29) is 18.0 Å². The fraction of sp³-hybridized carbons (Fsp3) is 0.304. The van der Waals surface area contributed by atoms with Crippen LogP contribution in [-0.2, 0) is 6.54 Å². The van der Waals surface area contributed by atoms with E-state index in [0.29, 0.717) is 12.1 Å². The van der Waals surface area contributed by atoms with Gasteiger partial charge in [-0.3, -0.25) is 9.78 Å². The number of carbonyl (C=O) groups is 1. The summed E-state index contributed by atoms with van der Waals surface area (Å²) >= 11 is 1.62. The summed E-state index contributed by atoms with van der Waals surface area (Å²) in [5, 5.41) is 7.31. The second-order valence-electron chi connectivity index (χ2n) is 7.60. The molecule has 4 heterocycles. The summed E-state index contributed by atoms with van der Waals surface area (Å²) < 4.78 is 1.85. The average molecular weight is 418 g/mol. The normalized spacial score (nSPS) is 14.7. The third kappa shape index (κ3) is 3.29. The van der Waals surface area contributed by atoms with E-state index in [0.717, 1.165) is 40.1 Å². The quantitative estimate of drug-likeness (QED) is 0.446. The molecule has 1 amide bonds. The van der Waals surface area contributed by atoms with Gasteiger partial charge in [-0.25, -0.2) is 9.67 Å². The van der Waals surface area contributed by atoms with Crippen LogP contribution < -0.4 is 0 Å². The van der Waals surface area contributed by atoms with Gasteiger partial charge in [0.1, 0.15) is 0 Å². The number of pyridine rings is 2. The summed E-state index contributed by atoms with van der Waals surface area (Å²) in [5.74, 6) is 0.0245. The molecule has 0 saturated heterocycles. The standard InChI is InChI=1S/C23H23N5OS/c1-3-27-22-18(14-25-27)17(13-20(26-22)21-8-6-12-30-21)23(29)28(16-9-10-16)15(2)19-7-4-5-11-24-19/h4-8,11-16H,3,9-10H2,1-2H3. The van der Waals surface area contributed by atoms with Crippen molar-refractivity contribution in [3.63, 3.8) is 0 Å². The summed E-state index contributed by atoms with van der Waals surface area (Å²) in [6.07, 6.45) is 5.62. The highest BCUT2D eigenvalue weighted by Gasteiger charge is 2.38. The number of aromatic nitrogens is 4.